The van der Waals surface area contributed by atoms with E-state index in [1.54, 1.807) is 6.92 Å². The number of aliphatic carboxylic acids is 1. The molecule has 0 bridgehead atoms. The number of carbonyl (C=O) groups is 1. The first kappa shape index (κ1) is 29.2. The van der Waals surface area contributed by atoms with Gasteiger partial charge in [0.25, 0.3) is 5.56 Å². The van der Waals surface area contributed by atoms with E-state index in [4.69, 9.17) is 4.84 Å². The fourth-order valence-corrected chi connectivity index (χ4v) is 6.41. The monoisotopic (exact) mass is 538 g/mol. The Morgan fingerprint density at radius 3 is 2.54 bits per heavy atom. The van der Waals surface area contributed by atoms with Crippen LogP contribution in [0.2, 0.25) is 0 Å². The first-order valence-corrected chi connectivity index (χ1v) is 14.9. The lowest BCUT2D eigenvalue weighted by Crippen LogP contribution is -2.50. The fraction of sp³-hybridized carbons (Fsp3) is 0.677. The number of para-hydroxylation sites is 2. The summed E-state index contributed by atoms with van der Waals surface area (Å²) in [5, 5.41) is 13.4. The van der Waals surface area contributed by atoms with Gasteiger partial charge in [0.15, 0.2) is 5.69 Å². The summed E-state index contributed by atoms with van der Waals surface area (Å²) in [5.41, 5.74) is 0.325. The molecular weight excluding hydrogens is 492 g/mol. The first-order valence-electron chi connectivity index (χ1n) is 14.9. The highest BCUT2D eigenvalue weighted by Gasteiger charge is 2.35. The summed E-state index contributed by atoms with van der Waals surface area (Å²) in [6.07, 6.45) is 12.1. The van der Waals surface area contributed by atoms with E-state index in [0.717, 1.165) is 42.8 Å². The Balaban J connectivity index is 1.65. The van der Waals surface area contributed by atoms with Crippen molar-refractivity contribution in [1.82, 2.24) is 14.5 Å². The summed E-state index contributed by atoms with van der Waals surface area (Å²) in [6, 6.07) is 8.86. The highest BCUT2D eigenvalue weighted by molar-refractivity contribution is 5.97. The van der Waals surface area contributed by atoms with Crippen molar-refractivity contribution in [3.8, 4) is 0 Å². The number of carboxylic acid groups (broad SMARTS) is 1. The van der Waals surface area contributed by atoms with E-state index < -0.39 is 11.6 Å². The second-order valence-electron chi connectivity index (χ2n) is 12.2. The molecule has 2 heterocycles. The van der Waals surface area contributed by atoms with Gasteiger partial charge in [-0.25, -0.2) is 9.78 Å². The summed E-state index contributed by atoms with van der Waals surface area (Å²) >= 11 is 0. The van der Waals surface area contributed by atoms with Gasteiger partial charge in [-0.1, -0.05) is 63.2 Å². The van der Waals surface area contributed by atoms with Crippen molar-refractivity contribution in [1.29, 1.82) is 0 Å². The third-order valence-electron chi connectivity index (χ3n) is 8.76. The van der Waals surface area contributed by atoms with E-state index in [9.17, 15) is 14.7 Å². The molecule has 1 N–H and O–H groups in total. The van der Waals surface area contributed by atoms with Crippen LogP contribution in [-0.2, 0) is 9.63 Å². The van der Waals surface area contributed by atoms with Crippen LogP contribution in [0.25, 0.3) is 11.0 Å². The molecule has 1 aliphatic carbocycles. The van der Waals surface area contributed by atoms with Crippen LogP contribution in [0.4, 0.5) is 0 Å². The van der Waals surface area contributed by atoms with Crippen molar-refractivity contribution in [3.63, 3.8) is 0 Å². The predicted molar refractivity (Wildman–Crippen MR) is 155 cm³/mol. The molecule has 39 heavy (non-hydrogen) atoms. The second kappa shape index (κ2) is 12.6. The number of carboxylic acids is 1. The van der Waals surface area contributed by atoms with Crippen LogP contribution in [0.1, 0.15) is 111 Å². The smallest absolute Gasteiger partial charge is 0.350 e. The Morgan fingerprint density at radius 2 is 1.82 bits per heavy atom. The molecule has 0 amide bonds. The van der Waals surface area contributed by atoms with Crippen molar-refractivity contribution in [2.75, 3.05) is 6.54 Å². The maximum atomic E-state index is 14.0. The molecule has 2 fully saturated rings. The van der Waals surface area contributed by atoms with Crippen molar-refractivity contribution >= 4 is 22.7 Å². The summed E-state index contributed by atoms with van der Waals surface area (Å²) in [5.74, 6) is -0.372. The topological polar surface area (TPSA) is 97.0 Å². The largest absolute Gasteiger partial charge is 0.478 e. The number of oxime groups is 1. The second-order valence-corrected chi connectivity index (χ2v) is 12.2. The number of hydrogen-bond donors (Lipinski definition) is 1. The summed E-state index contributed by atoms with van der Waals surface area (Å²) < 4.78 is 1.92. The molecule has 1 saturated heterocycles. The number of piperidine rings is 1. The molecule has 0 unspecified atom stereocenters. The van der Waals surface area contributed by atoms with Gasteiger partial charge in [-0.05, 0) is 70.9 Å². The number of benzene rings is 1. The third-order valence-corrected chi connectivity index (χ3v) is 8.76. The molecule has 2 aromatic rings. The van der Waals surface area contributed by atoms with Gasteiger partial charge < -0.3 is 14.5 Å². The fourth-order valence-electron chi connectivity index (χ4n) is 6.41. The minimum Gasteiger partial charge on any atom is -0.478 e. The van der Waals surface area contributed by atoms with Gasteiger partial charge in [0.1, 0.15) is 5.71 Å². The van der Waals surface area contributed by atoms with Crippen LogP contribution in [0, 0.1) is 5.92 Å². The normalized spacial score (nSPS) is 26.0. The van der Waals surface area contributed by atoms with Crippen molar-refractivity contribution in [2.45, 2.75) is 123 Å². The molecular formula is C31H46N4O4. The van der Waals surface area contributed by atoms with E-state index in [-0.39, 0.29) is 23.0 Å². The van der Waals surface area contributed by atoms with E-state index in [2.05, 4.69) is 28.9 Å². The summed E-state index contributed by atoms with van der Waals surface area (Å²) in [7, 11) is 0. The van der Waals surface area contributed by atoms with E-state index >= 15 is 0 Å². The molecule has 8 heteroatoms. The molecule has 1 aromatic heterocycles. The Hall–Kier alpha value is -2.74. The molecule has 214 valence electrons. The first-order chi connectivity index (χ1) is 18.6. The van der Waals surface area contributed by atoms with Gasteiger partial charge in [-0.2, -0.15) is 0 Å². The van der Waals surface area contributed by atoms with Gasteiger partial charge in [0, 0.05) is 24.7 Å². The number of fused-ring (bicyclic) bond motifs is 1. The minimum absolute atomic E-state index is 0.0586. The summed E-state index contributed by atoms with van der Waals surface area (Å²) in [4.78, 5) is 38.1. The average Bonchev–Trinajstić information content (AvgIpc) is 3.02. The zero-order chi connectivity index (χ0) is 28.2. The maximum absolute atomic E-state index is 14.0. The number of nitrogens with zero attached hydrogens (tertiary/aromatic N) is 4. The predicted octanol–water partition coefficient (Wildman–Crippen LogP) is 6.16. The van der Waals surface area contributed by atoms with E-state index in [1.807, 2.05) is 28.8 Å². The zero-order valence-electron chi connectivity index (χ0n) is 24.4. The average molecular weight is 539 g/mol. The standard InChI is InChI=1S/C31H46N4O4/c1-6-23-20-25(17-18-34(23)24-14-10-8-7-9-13-21(2)19-24)35-27-16-12-11-15-26(27)32-28(29(35)36)22(3)33-39-31(4,5)30(37)38/h11-12,15-16,21,23-25H,6-10,13-14,17-20H2,1-5H3,(H,37,38)/b33-22+/t21-,23-,24-,25-/m1/s1. The lowest BCUT2D eigenvalue weighted by Gasteiger charge is -2.45. The lowest BCUT2D eigenvalue weighted by molar-refractivity contribution is -0.161. The SMILES string of the molecule is CC[C@@H]1C[C@H](n2c(=O)c(/C(C)=N/OC(C)(C)C(=O)O)nc3ccccc32)CCN1[C@@H]1CCCCCC[C@@H](C)C1. The van der Waals surface area contributed by atoms with Gasteiger partial charge in [-0.15, -0.1) is 0 Å². The van der Waals surface area contributed by atoms with Gasteiger partial charge >= 0.3 is 5.97 Å². The summed E-state index contributed by atoms with van der Waals surface area (Å²) in [6.45, 7) is 10.2. The number of likely N-dealkylation sites (tertiary alicyclic amines) is 1. The maximum Gasteiger partial charge on any atom is 0.350 e. The number of hydrogen-bond acceptors (Lipinski definition) is 6. The van der Waals surface area contributed by atoms with Crippen LogP contribution in [-0.4, -0.2) is 55.5 Å². The molecule has 4 atom stereocenters. The van der Waals surface area contributed by atoms with Crippen LogP contribution >= 0.6 is 0 Å². The molecule has 4 rings (SSSR count). The molecule has 2 aliphatic rings. The Bertz CT molecular complexity index is 1240. The molecule has 1 aliphatic heterocycles. The quantitative estimate of drug-likeness (QED) is 0.335. The lowest BCUT2D eigenvalue weighted by atomic mass is 9.88. The van der Waals surface area contributed by atoms with Crippen molar-refractivity contribution in [2.24, 2.45) is 11.1 Å². The van der Waals surface area contributed by atoms with Gasteiger partial charge in [-0.3, -0.25) is 9.69 Å². The Morgan fingerprint density at radius 1 is 1.10 bits per heavy atom. The third kappa shape index (κ3) is 6.71. The molecule has 1 aromatic carbocycles. The van der Waals surface area contributed by atoms with Crippen LogP contribution in [0.3, 0.4) is 0 Å². The van der Waals surface area contributed by atoms with E-state index in [1.165, 1.54) is 58.8 Å². The highest BCUT2D eigenvalue weighted by Crippen LogP contribution is 2.35. The van der Waals surface area contributed by atoms with E-state index in [0.29, 0.717) is 12.1 Å². The van der Waals surface area contributed by atoms with Crippen LogP contribution in [0.15, 0.2) is 34.2 Å². The minimum atomic E-state index is -1.51. The molecule has 8 nitrogen and oxygen atoms in total. The van der Waals surface area contributed by atoms with Crippen molar-refractivity contribution in [3.05, 3.63) is 40.3 Å². The van der Waals surface area contributed by atoms with Crippen LogP contribution in [0.5, 0.6) is 0 Å². The molecule has 0 spiro atoms. The highest BCUT2D eigenvalue weighted by atomic mass is 16.7. The van der Waals surface area contributed by atoms with Crippen molar-refractivity contribution < 1.29 is 14.7 Å². The van der Waals surface area contributed by atoms with Gasteiger partial charge in [0.05, 0.1) is 11.0 Å². The Labute approximate surface area is 232 Å². The zero-order valence-corrected chi connectivity index (χ0v) is 24.4. The number of rotatable bonds is 7. The molecule has 0 radical (unpaired) electrons. The molecule has 1 saturated carbocycles. The van der Waals surface area contributed by atoms with Crippen LogP contribution < -0.4 is 5.56 Å². The van der Waals surface area contributed by atoms with Gasteiger partial charge in [0.2, 0.25) is 5.60 Å². The Kier molecular flexibility index (Phi) is 9.47. The number of aromatic nitrogens is 2.